The molecule has 1 aliphatic heterocycles. The van der Waals surface area contributed by atoms with E-state index in [1.807, 2.05) is 6.08 Å². The first-order valence-electron chi connectivity index (χ1n) is 3.00. The number of hydrogen-bond donors (Lipinski definition) is 1. The van der Waals surface area contributed by atoms with Crippen LogP contribution in [0.5, 0.6) is 0 Å². The first kappa shape index (κ1) is 6.13. The van der Waals surface area contributed by atoms with E-state index in [1.54, 1.807) is 0 Å². The van der Waals surface area contributed by atoms with Crippen LogP contribution in [0.4, 0.5) is 5.69 Å². The van der Waals surface area contributed by atoms with Crippen LogP contribution in [0.2, 0.25) is 0 Å². The van der Waals surface area contributed by atoms with Gasteiger partial charge in [-0.2, -0.15) is 5.32 Å². The van der Waals surface area contributed by atoms with Crippen LogP contribution in [0.25, 0.3) is 6.08 Å². The van der Waals surface area contributed by atoms with Crippen molar-refractivity contribution in [2.75, 3.05) is 5.32 Å². The molecule has 1 nitrogen and oxygen atoms in total. The summed E-state index contributed by atoms with van der Waals surface area (Å²) >= 11 is 2.30. The smallest absolute Gasteiger partial charge is 0.197 e. The van der Waals surface area contributed by atoms with Crippen molar-refractivity contribution in [1.82, 2.24) is 0 Å². The number of halogens is 1. The predicted molar refractivity (Wildman–Crippen MR) is 50.5 cm³/mol. The molecule has 1 aromatic rings. The van der Waals surface area contributed by atoms with Gasteiger partial charge in [0.1, 0.15) is 12.3 Å². The second kappa shape index (κ2) is 2.22. The number of anilines is 1. The number of hydrogen-bond acceptors (Lipinski definition) is 1. The van der Waals surface area contributed by atoms with Gasteiger partial charge in [0, 0.05) is 15.7 Å². The van der Waals surface area contributed by atoms with Gasteiger partial charge in [-0.25, -0.2) is 0 Å². The Labute approximate surface area is 73.3 Å². The maximum Gasteiger partial charge on any atom is 0.198 e. The van der Waals surface area contributed by atoms with E-state index in [1.165, 1.54) is 9.13 Å². The fourth-order valence-corrected chi connectivity index (χ4v) is 1.47. The molecule has 2 heteroatoms. The standard InChI is InChI=1S/C8H5IN/c9-7-1-2-8-6(5-7)3-4-10-8/h1-3,5,10H/q+1. The molecule has 0 fully saturated rings. The largest absolute Gasteiger partial charge is 0.198 e. The van der Waals surface area contributed by atoms with E-state index in [0.29, 0.717) is 0 Å². The molecule has 48 valence electrons. The van der Waals surface area contributed by atoms with E-state index in [2.05, 4.69) is 52.3 Å². The fourth-order valence-electron chi connectivity index (χ4n) is 0.958. The average molecular weight is 242 g/mol. The third-order valence-electron chi connectivity index (χ3n) is 1.45. The molecule has 1 aliphatic rings. The zero-order valence-corrected chi connectivity index (χ0v) is 7.34. The number of fused-ring (bicyclic) bond motifs is 1. The predicted octanol–water partition coefficient (Wildman–Crippen LogP) is 2.49. The Hall–Kier alpha value is -0.600. The number of benzene rings is 1. The molecule has 0 atom stereocenters. The van der Waals surface area contributed by atoms with Crippen molar-refractivity contribution in [3.8, 4) is 0 Å². The van der Waals surface area contributed by atoms with Gasteiger partial charge in [0.25, 0.3) is 0 Å². The summed E-state index contributed by atoms with van der Waals surface area (Å²) in [6, 6.07) is 6.27. The van der Waals surface area contributed by atoms with Crippen molar-refractivity contribution in [1.29, 1.82) is 0 Å². The van der Waals surface area contributed by atoms with Gasteiger partial charge in [-0.1, -0.05) is 0 Å². The van der Waals surface area contributed by atoms with Crippen molar-refractivity contribution in [2.24, 2.45) is 0 Å². The van der Waals surface area contributed by atoms with Crippen molar-refractivity contribution in [3.05, 3.63) is 33.5 Å². The number of rotatable bonds is 0. The van der Waals surface area contributed by atoms with Gasteiger partial charge in [-0.15, -0.1) is 0 Å². The van der Waals surface area contributed by atoms with Gasteiger partial charge in [0.15, 0.2) is 11.3 Å². The lowest BCUT2D eigenvalue weighted by Gasteiger charge is -1.87. The summed E-state index contributed by atoms with van der Waals surface area (Å²) in [5.74, 6) is 0. The summed E-state index contributed by atoms with van der Waals surface area (Å²) in [4.78, 5) is 0. The second-order valence-electron chi connectivity index (χ2n) is 2.15. The molecule has 0 saturated carbocycles. The Morgan fingerprint density at radius 2 is 2.30 bits per heavy atom. The highest BCUT2D eigenvalue weighted by Gasteiger charge is 2.14. The van der Waals surface area contributed by atoms with E-state index in [-0.39, 0.29) is 0 Å². The zero-order valence-electron chi connectivity index (χ0n) is 5.19. The van der Waals surface area contributed by atoms with Crippen molar-refractivity contribution in [2.45, 2.75) is 0 Å². The Bertz CT molecular complexity index is 291. The summed E-state index contributed by atoms with van der Waals surface area (Å²) in [5.41, 5.74) is 2.38. The highest BCUT2D eigenvalue weighted by atomic mass is 127. The molecule has 1 heterocycles. The summed E-state index contributed by atoms with van der Waals surface area (Å²) in [7, 11) is 0. The van der Waals surface area contributed by atoms with E-state index >= 15 is 0 Å². The molecule has 10 heavy (non-hydrogen) atoms. The van der Waals surface area contributed by atoms with E-state index in [0.717, 1.165) is 5.69 Å². The van der Waals surface area contributed by atoms with Gasteiger partial charge in [0.05, 0.1) is 0 Å². The minimum absolute atomic E-state index is 1.15. The molecule has 0 radical (unpaired) electrons. The van der Waals surface area contributed by atoms with Crippen LogP contribution < -0.4 is 5.32 Å². The zero-order chi connectivity index (χ0) is 6.97. The van der Waals surface area contributed by atoms with Crippen LogP contribution in [0.3, 0.4) is 0 Å². The first-order valence-corrected chi connectivity index (χ1v) is 4.08. The third kappa shape index (κ3) is 0.895. The van der Waals surface area contributed by atoms with Crippen LogP contribution in [-0.2, 0) is 0 Å². The Morgan fingerprint density at radius 1 is 1.40 bits per heavy atom. The topological polar surface area (TPSA) is 12.0 Å². The maximum absolute atomic E-state index is 3.02. The molecule has 1 aromatic carbocycles. The van der Waals surface area contributed by atoms with Crippen molar-refractivity contribution < 1.29 is 0 Å². The van der Waals surface area contributed by atoms with Gasteiger partial charge >= 0.3 is 0 Å². The molecule has 0 saturated heterocycles. The Kier molecular flexibility index (Phi) is 1.36. The number of nitrogens with one attached hydrogen (secondary N) is 1. The Balaban J connectivity index is 2.60. The summed E-state index contributed by atoms with van der Waals surface area (Å²) in [6.07, 6.45) is 4.89. The molecule has 0 aliphatic carbocycles. The molecular weight excluding hydrogens is 237 g/mol. The van der Waals surface area contributed by atoms with Crippen molar-refractivity contribution in [3.63, 3.8) is 0 Å². The van der Waals surface area contributed by atoms with Gasteiger partial charge in [-0.05, 0) is 28.7 Å². The molecule has 0 bridgehead atoms. The summed E-state index contributed by atoms with van der Waals surface area (Å²) < 4.78 is 1.26. The first-order chi connectivity index (χ1) is 4.86. The van der Waals surface area contributed by atoms with E-state index < -0.39 is 0 Å². The lowest BCUT2D eigenvalue weighted by Crippen LogP contribution is -1.82. The summed E-state index contributed by atoms with van der Waals surface area (Å²) in [6.45, 7) is 0. The quantitative estimate of drug-likeness (QED) is 0.544. The minimum atomic E-state index is 1.15. The second-order valence-corrected chi connectivity index (χ2v) is 3.39. The van der Waals surface area contributed by atoms with E-state index in [9.17, 15) is 0 Å². The molecule has 1 N–H and O–H groups in total. The van der Waals surface area contributed by atoms with Gasteiger partial charge in [-0.3, -0.25) is 0 Å². The van der Waals surface area contributed by atoms with Crippen LogP contribution in [0, 0.1) is 9.77 Å². The molecule has 0 aromatic heterocycles. The fraction of sp³-hybridized carbons (Fsp3) is 0. The van der Waals surface area contributed by atoms with Gasteiger partial charge in [0.2, 0.25) is 0 Å². The maximum atomic E-state index is 3.02. The van der Waals surface area contributed by atoms with Crippen LogP contribution in [0.15, 0.2) is 18.2 Å². The van der Waals surface area contributed by atoms with Crippen molar-refractivity contribution >= 4 is 34.4 Å². The SMILES string of the molecule is Ic1ccc2c(c1)C=[C+]N2. The lowest BCUT2D eigenvalue weighted by atomic mass is 10.2. The van der Waals surface area contributed by atoms with Crippen LogP contribution in [0.1, 0.15) is 5.56 Å². The Morgan fingerprint density at radius 3 is 3.20 bits per heavy atom. The normalized spacial score (nSPS) is 12.1. The van der Waals surface area contributed by atoms with Gasteiger partial charge < -0.3 is 0 Å². The molecule has 2 rings (SSSR count). The average Bonchev–Trinajstić information content (AvgIpc) is 2.33. The minimum Gasteiger partial charge on any atom is -0.197 e. The third-order valence-corrected chi connectivity index (χ3v) is 2.12. The lowest BCUT2D eigenvalue weighted by molar-refractivity contribution is 1.58. The summed E-state index contributed by atoms with van der Waals surface area (Å²) in [5, 5.41) is 3.02. The molecule has 0 amide bonds. The molecular formula is C8H5IN+. The molecule has 0 unspecified atom stereocenters. The molecule has 0 spiro atoms. The monoisotopic (exact) mass is 242 g/mol. The van der Waals surface area contributed by atoms with E-state index in [4.69, 9.17) is 0 Å². The van der Waals surface area contributed by atoms with Crippen LogP contribution in [-0.4, -0.2) is 0 Å². The highest BCUT2D eigenvalue weighted by Crippen LogP contribution is 2.23. The highest BCUT2D eigenvalue weighted by molar-refractivity contribution is 14.1. The van der Waals surface area contributed by atoms with Crippen LogP contribution >= 0.6 is 22.6 Å².